The molecule has 0 atom stereocenters. The van der Waals surface area contributed by atoms with Crippen molar-refractivity contribution in [3.63, 3.8) is 0 Å². The zero-order chi connectivity index (χ0) is 12.5. The van der Waals surface area contributed by atoms with E-state index in [9.17, 15) is 4.79 Å². The number of benzene rings is 1. The van der Waals surface area contributed by atoms with Crippen LogP contribution in [0, 0.1) is 0 Å². The second-order valence-electron chi connectivity index (χ2n) is 3.11. The smallest absolute Gasteiger partial charge is 0.404 e. The van der Waals surface area contributed by atoms with Gasteiger partial charge in [0.25, 0.3) is 0 Å². The molecule has 0 saturated carbocycles. The summed E-state index contributed by atoms with van der Waals surface area (Å²) in [6.45, 7) is 0.801. The first-order chi connectivity index (χ1) is 8.22. The van der Waals surface area contributed by atoms with Crippen LogP contribution in [0.2, 0.25) is 0 Å². The van der Waals surface area contributed by atoms with Crippen molar-refractivity contribution in [2.45, 2.75) is 6.54 Å². The number of nitrogens with zero attached hydrogens (tertiary/aromatic N) is 3. The van der Waals surface area contributed by atoms with E-state index in [1.165, 1.54) is 0 Å². The van der Waals surface area contributed by atoms with Crippen LogP contribution in [0.15, 0.2) is 29.4 Å². The number of hydrogen-bond donors (Lipinski definition) is 2. The Morgan fingerprint density at radius 3 is 2.76 bits per heavy atom. The van der Waals surface area contributed by atoms with Gasteiger partial charge >= 0.3 is 6.09 Å². The lowest BCUT2D eigenvalue weighted by molar-refractivity contribution is 0.191. The molecule has 1 rings (SSSR count). The maximum absolute atomic E-state index is 10.1. The molecule has 2 N–H and O–H groups in total. The number of azide groups is 1. The lowest BCUT2D eigenvalue weighted by Crippen LogP contribution is -2.26. The van der Waals surface area contributed by atoms with E-state index in [1.54, 1.807) is 24.3 Å². The van der Waals surface area contributed by atoms with Crippen molar-refractivity contribution < 1.29 is 14.6 Å². The van der Waals surface area contributed by atoms with Gasteiger partial charge in [-0.3, -0.25) is 0 Å². The zero-order valence-electron chi connectivity index (χ0n) is 9.04. The Morgan fingerprint density at radius 2 is 2.18 bits per heavy atom. The Labute approximate surface area is 97.6 Å². The van der Waals surface area contributed by atoms with Gasteiger partial charge in [0.05, 0.1) is 13.1 Å². The van der Waals surface area contributed by atoms with Gasteiger partial charge in [0, 0.05) is 4.91 Å². The van der Waals surface area contributed by atoms with E-state index in [0.29, 0.717) is 12.3 Å². The summed E-state index contributed by atoms with van der Waals surface area (Å²) < 4.78 is 5.29. The molecule has 0 unspecified atom stereocenters. The molecule has 1 aromatic carbocycles. The summed E-state index contributed by atoms with van der Waals surface area (Å²) in [7, 11) is 0. The molecule has 7 heteroatoms. The lowest BCUT2D eigenvalue weighted by atomic mass is 10.2. The molecule has 17 heavy (non-hydrogen) atoms. The Bertz CT molecular complexity index is 412. The minimum atomic E-state index is -1.07. The topological polar surface area (TPSA) is 107 Å². The van der Waals surface area contributed by atoms with E-state index < -0.39 is 6.09 Å². The molecule has 0 aromatic heterocycles. The van der Waals surface area contributed by atoms with Gasteiger partial charge in [-0.25, -0.2) is 4.79 Å². The summed E-state index contributed by atoms with van der Waals surface area (Å²) >= 11 is 0. The van der Waals surface area contributed by atoms with Gasteiger partial charge in [-0.2, -0.15) is 0 Å². The Balaban J connectivity index is 2.34. The van der Waals surface area contributed by atoms with E-state index >= 15 is 0 Å². The molecule has 1 aromatic rings. The van der Waals surface area contributed by atoms with Crippen LogP contribution in [0.25, 0.3) is 10.4 Å². The van der Waals surface area contributed by atoms with Crippen molar-refractivity contribution in [2.24, 2.45) is 5.11 Å². The third-order valence-electron chi connectivity index (χ3n) is 1.89. The van der Waals surface area contributed by atoms with Gasteiger partial charge in [-0.15, -0.1) is 0 Å². The fraction of sp³-hybridized carbons (Fsp3) is 0.300. The van der Waals surface area contributed by atoms with Gasteiger partial charge in [0.2, 0.25) is 0 Å². The van der Waals surface area contributed by atoms with Crippen LogP contribution in [0.5, 0.6) is 5.75 Å². The number of nitrogens with one attached hydrogen (secondary N) is 1. The fourth-order valence-electron chi connectivity index (χ4n) is 1.13. The van der Waals surface area contributed by atoms with Gasteiger partial charge < -0.3 is 15.2 Å². The molecular weight excluding hydrogens is 224 g/mol. The first-order valence-corrected chi connectivity index (χ1v) is 4.92. The van der Waals surface area contributed by atoms with Crippen molar-refractivity contribution in [2.75, 3.05) is 13.2 Å². The Kier molecular flexibility index (Phi) is 5.19. The summed E-state index contributed by atoms with van der Waals surface area (Å²) in [5.74, 6) is 0.641. The van der Waals surface area contributed by atoms with Crippen LogP contribution >= 0.6 is 0 Å². The number of hydrogen-bond acceptors (Lipinski definition) is 3. The molecular formula is C10H12N4O3. The third-order valence-corrected chi connectivity index (χ3v) is 1.89. The molecule has 0 aliphatic heterocycles. The average Bonchev–Trinajstić information content (AvgIpc) is 2.33. The SMILES string of the molecule is [N-]=[N+]=NCc1ccc(OCCNC(=O)O)cc1. The summed E-state index contributed by atoms with van der Waals surface area (Å²) in [5, 5.41) is 13.9. The molecule has 0 bridgehead atoms. The Hall–Kier alpha value is -2.40. The van der Waals surface area contributed by atoms with E-state index in [2.05, 4.69) is 15.3 Å². The minimum Gasteiger partial charge on any atom is -0.492 e. The molecule has 0 fully saturated rings. The van der Waals surface area contributed by atoms with Crippen LogP contribution < -0.4 is 10.1 Å². The summed E-state index contributed by atoms with van der Waals surface area (Å²) in [5.41, 5.74) is 9.04. The molecule has 0 aliphatic carbocycles. The van der Waals surface area contributed by atoms with Crippen LogP contribution in [0.1, 0.15) is 5.56 Å². The molecule has 0 saturated heterocycles. The van der Waals surface area contributed by atoms with Crippen molar-refractivity contribution in [1.29, 1.82) is 0 Å². The first-order valence-electron chi connectivity index (χ1n) is 4.92. The highest BCUT2D eigenvalue weighted by atomic mass is 16.5. The second kappa shape index (κ2) is 6.97. The predicted molar refractivity (Wildman–Crippen MR) is 60.8 cm³/mol. The molecule has 1 amide bonds. The molecule has 0 radical (unpaired) electrons. The second-order valence-corrected chi connectivity index (χ2v) is 3.11. The Morgan fingerprint density at radius 1 is 1.47 bits per heavy atom. The van der Waals surface area contributed by atoms with Crippen molar-refractivity contribution in [3.05, 3.63) is 40.3 Å². The van der Waals surface area contributed by atoms with Crippen molar-refractivity contribution in [1.82, 2.24) is 5.32 Å². The third kappa shape index (κ3) is 5.29. The van der Waals surface area contributed by atoms with E-state index in [4.69, 9.17) is 15.4 Å². The number of ether oxygens (including phenoxy) is 1. The zero-order valence-corrected chi connectivity index (χ0v) is 9.04. The maximum atomic E-state index is 10.1. The number of carbonyl (C=O) groups is 1. The minimum absolute atomic E-state index is 0.232. The van der Waals surface area contributed by atoms with E-state index in [0.717, 1.165) is 5.56 Å². The van der Waals surface area contributed by atoms with Crippen LogP contribution in [-0.2, 0) is 6.54 Å². The van der Waals surface area contributed by atoms with Gasteiger partial charge in [0.15, 0.2) is 0 Å². The predicted octanol–water partition coefficient (Wildman–Crippen LogP) is 2.14. The summed E-state index contributed by atoms with van der Waals surface area (Å²) in [6, 6.07) is 7.05. The number of rotatable bonds is 6. The quantitative estimate of drug-likeness (QED) is 0.342. The maximum Gasteiger partial charge on any atom is 0.404 e. The van der Waals surface area contributed by atoms with E-state index in [1.807, 2.05) is 0 Å². The monoisotopic (exact) mass is 236 g/mol. The number of amides is 1. The standard InChI is InChI=1S/C10H12N4O3/c11-14-13-7-8-1-3-9(4-2-8)17-6-5-12-10(15)16/h1-4,12H,5-7H2,(H,15,16). The molecule has 90 valence electrons. The molecule has 0 heterocycles. The molecule has 7 nitrogen and oxygen atoms in total. The lowest BCUT2D eigenvalue weighted by Gasteiger charge is -2.06. The summed E-state index contributed by atoms with van der Waals surface area (Å²) in [4.78, 5) is 12.8. The van der Waals surface area contributed by atoms with Crippen LogP contribution in [0.3, 0.4) is 0 Å². The van der Waals surface area contributed by atoms with Crippen molar-refractivity contribution >= 4 is 6.09 Å². The average molecular weight is 236 g/mol. The molecule has 0 spiro atoms. The fourth-order valence-corrected chi connectivity index (χ4v) is 1.13. The highest BCUT2D eigenvalue weighted by Gasteiger charge is 1.96. The van der Waals surface area contributed by atoms with Gasteiger partial charge in [-0.05, 0) is 23.2 Å². The highest BCUT2D eigenvalue weighted by Crippen LogP contribution is 2.12. The van der Waals surface area contributed by atoms with Crippen LogP contribution in [0.4, 0.5) is 4.79 Å². The van der Waals surface area contributed by atoms with Crippen molar-refractivity contribution in [3.8, 4) is 5.75 Å². The highest BCUT2D eigenvalue weighted by molar-refractivity contribution is 5.64. The largest absolute Gasteiger partial charge is 0.492 e. The molecule has 0 aliphatic rings. The van der Waals surface area contributed by atoms with E-state index in [-0.39, 0.29) is 13.2 Å². The number of carboxylic acid groups (broad SMARTS) is 1. The normalized spacial score (nSPS) is 9.18. The summed E-state index contributed by atoms with van der Waals surface area (Å²) in [6.07, 6.45) is -1.07. The van der Waals surface area contributed by atoms with Crippen LogP contribution in [-0.4, -0.2) is 24.4 Å². The van der Waals surface area contributed by atoms with Gasteiger partial charge in [0.1, 0.15) is 12.4 Å². The van der Waals surface area contributed by atoms with Gasteiger partial charge in [-0.1, -0.05) is 17.2 Å². The first kappa shape index (κ1) is 12.7.